The Balaban J connectivity index is 1.74. The molecule has 3 aromatic rings. The number of fused-ring (bicyclic) bond motifs is 1. The smallest absolute Gasteiger partial charge is 0.254 e. The summed E-state index contributed by atoms with van der Waals surface area (Å²) in [6.45, 7) is 4.56. The molecule has 1 saturated heterocycles. The Morgan fingerprint density at radius 1 is 1.21 bits per heavy atom. The molecule has 6 heteroatoms. The lowest BCUT2D eigenvalue weighted by Gasteiger charge is -2.32. The molecule has 1 fully saturated rings. The van der Waals surface area contributed by atoms with E-state index in [1.54, 1.807) is 4.68 Å². The van der Waals surface area contributed by atoms with Crippen molar-refractivity contribution in [3.63, 3.8) is 0 Å². The van der Waals surface area contributed by atoms with E-state index in [-0.39, 0.29) is 5.91 Å². The van der Waals surface area contributed by atoms with Crippen molar-refractivity contribution in [1.82, 2.24) is 25.0 Å². The van der Waals surface area contributed by atoms with Crippen LogP contribution in [0.2, 0.25) is 0 Å². The number of likely N-dealkylation sites (tertiary alicyclic amines) is 1. The molecule has 146 valence electrons. The summed E-state index contributed by atoms with van der Waals surface area (Å²) in [6.07, 6.45) is 2.08. The quantitative estimate of drug-likeness (QED) is 0.759. The fourth-order valence-corrected chi connectivity index (χ4v) is 4.17. The number of pyridine rings is 1. The Morgan fingerprint density at radius 3 is 2.61 bits per heavy atom. The molecule has 1 aliphatic rings. The molecule has 0 bridgehead atoms. The molecule has 3 heterocycles. The van der Waals surface area contributed by atoms with Gasteiger partial charge in [-0.1, -0.05) is 30.3 Å². The predicted octanol–water partition coefficient (Wildman–Crippen LogP) is 3.02. The van der Waals surface area contributed by atoms with Crippen LogP contribution >= 0.6 is 0 Å². The minimum absolute atomic E-state index is 0.0867. The van der Waals surface area contributed by atoms with Gasteiger partial charge < -0.3 is 10.2 Å². The Kier molecular flexibility index (Phi) is 5.13. The SMILES string of the molecule is CNCC1CCN(C(=O)c2cc(-c3ccccc3)nc3c2c(C)nn3C)CC1. The van der Waals surface area contributed by atoms with Gasteiger partial charge in [0.05, 0.1) is 22.3 Å². The molecule has 1 N–H and O–H groups in total. The number of carbonyl (C=O) groups excluding carboxylic acids is 1. The molecular formula is C22H27N5O. The van der Waals surface area contributed by atoms with Crippen LogP contribution < -0.4 is 5.32 Å². The number of carbonyl (C=O) groups is 1. The van der Waals surface area contributed by atoms with Crippen LogP contribution in [0.3, 0.4) is 0 Å². The van der Waals surface area contributed by atoms with Gasteiger partial charge in [0, 0.05) is 25.7 Å². The van der Waals surface area contributed by atoms with Gasteiger partial charge in [-0.15, -0.1) is 0 Å². The lowest BCUT2D eigenvalue weighted by Crippen LogP contribution is -2.40. The maximum absolute atomic E-state index is 13.5. The highest BCUT2D eigenvalue weighted by atomic mass is 16.2. The summed E-state index contributed by atoms with van der Waals surface area (Å²) >= 11 is 0. The van der Waals surface area contributed by atoms with Crippen LogP contribution in [-0.2, 0) is 7.05 Å². The van der Waals surface area contributed by atoms with Gasteiger partial charge in [-0.05, 0) is 45.3 Å². The van der Waals surface area contributed by atoms with E-state index < -0.39 is 0 Å². The number of hydrogen-bond donors (Lipinski definition) is 1. The standard InChI is InChI=1S/C22H27N5O/c1-15-20-18(22(28)27-11-9-16(10-12-27)14-23-2)13-19(17-7-5-4-6-8-17)24-21(20)26(3)25-15/h4-8,13,16,23H,9-12,14H2,1-3H3. The van der Waals surface area contributed by atoms with Crippen molar-refractivity contribution in [1.29, 1.82) is 0 Å². The summed E-state index contributed by atoms with van der Waals surface area (Å²) in [5.74, 6) is 0.732. The van der Waals surface area contributed by atoms with Gasteiger partial charge in [0.25, 0.3) is 5.91 Å². The highest BCUT2D eigenvalue weighted by Gasteiger charge is 2.26. The lowest BCUT2D eigenvalue weighted by atomic mass is 9.96. The lowest BCUT2D eigenvalue weighted by molar-refractivity contribution is 0.0693. The first-order valence-corrected chi connectivity index (χ1v) is 9.92. The summed E-state index contributed by atoms with van der Waals surface area (Å²) in [6, 6.07) is 11.9. The number of hydrogen-bond acceptors (Lipinski definition) is 4. The second-order valence-electron chi connectivity index (χ2n) is 7.62. The first-order chi connectivity index (χ1) is 13.6. The Hall–Kier alpha value is -2.73. The average molecular weight is 377 g/mol. The molecule has 0 aliphatic carbocycles. The van der Waals surface area contributed by atoms with Gasteiger partial charge in [-0.3, -0.25) is 9.48 Å². The minimum Gasteiger partial charge on any atom is -0.339 e. The van der Waals surface area contributed by atoms with Crippen molar-refractivity contribution in [2.75, 3.05) is 26.7 Å². The van der Waals surface area contributed by atoms with E-state index in [9.17, 15) is 4.79 Å². The van der Waals surface area contributed by atoms with Crippen LogP contribution in [0.25, 0.3) is 22.3 Å². The average Bonchev–Trinajstić information content (AvgIpc) is 3.02. The second kappa shape index (κ2) is 7.72. The van der Waals surface area contributed by atoms with Crippen LogP contribution in [0.15, 0.2) is 36.4 Å². The molecule has 1 aromatic carbocycles. The van der Waals surface area contributed by atoms with Gasteiger partial charge in [0.15, 0.2) is 5.65 Å². The third-order valence-electron chi connectivity index (χ3n) is 5.66. The molecule has 1 amide bonds. The zero-order valence-corrected chi connectivity index (χ0v) is 16.8. The van der Waals surface area contributed by atoms with E-state index in [1.165, 1.54) is 0 Å². The van der Waals surface area contributed by atoms with E-state index in [4.69, 9.17) is 4.98 Å². The second-order valence-corrected chi connectivity index (χ2v) is 7.62. The summed E-state index contributed by atoms with van der Waals surface area (Å²) in [5.41, 5.74) is 4.13. The van der Waals surface area contributed by atoms with Crippen LogP contribution in [0.1, 0.15) is 28.9 Å². The van der Waals surface area contributed by atoms with Crippen molar-refractivity contribution in [3.05, 3.63) is 47.7 Å². The molecule has 6 nitrogen and oxygen atoms in total. The maximum Gasteiger partial charge on any atom is 0.254 e. The first kappa shape index (κ1) is 18.6. The van der Waals surface area contributed by atoms with E-state index >= 15 is 0 Å². The number of piperidine rings is 1. The number of nitrogens with zero attached hydrogens (tertiary/aromatic N) is 4. The number of aromatic nitrogens is 3. The van der Waals surface area contributed by atoms with Crippen molar-refractivity contribution in [2.24, 2.45) is 13.0 Å². The van der Waals surface area contributed by atoms with Crippen molar-refractivity contribution < 1.29 is 4.79 Å². The fourth-order valence-electron chi connectivity index (χ4n) is 4.17. The molecule has 0 radical (unpaired) electrons. The van der Waals surface area contributed by atoms with Gasteiger partial charge in [-0.25, -0.2) is 4.98 Å². The van der Waals surface area contributed by atoms with E-state index in [2.05, 4.69) is 10.4 Å². The van der Waals surface area contributed by atoms with E-state index in [1.807, 2.05) is 62.3 Å². The minimum atomic E-state index is 0.0867. The Morgan fingerprint density at radius 2 is 1.93 bits per heavy atom. The molecule has 0 unspecified atom stereocenters. The zero-order chi connectivity index (χ0) is 19.7. The molecule has 0 spiro atoms. The van der Waals surface area contributed by atoms with Crippen LogP contribution in [-0.4, -0.2) is 52.3 Å². The van der Waals surface area contributed by atoms with E-state index in [0.717, 1.165) is 60.5 Å². The fraction of sp³-hybridized carbons (Fsp3) is 0.409. The van der Waals surface area contributed by atoms with Crippen molar-refractivity contribution >= 4 is 16.9 Å². The first-order valence-electron chi connectivity index (χ1n) is 9.92. The van der Waals surface area contributed by atoms with Crippen LogP contribution in [0.5, 0.6) is 0 Å². The number of amides is 1. The van der Waals surface area contributed by atoms with E-state index in [0.29, 0.717) is 11.5 Å². The van der Waals surface area contributed by atoms with Crippen LogP contribution in [0, 0.1) is 12.8 Å². The Labute approximate surface area is 165 Å². The van der Waals surface area contributed by atoms with Gasteiger partial charge in [0.2, 0.25) is 0 Å². The summed E-state index contributed by atoms with van der Waals surface area (Å²) in [5, 5.41) is 8.64. The maximum atomic E-state index is 13.5. The summed E-state index contributed by atoms with van der Waals surface area (Å²) < 4.78 is 1.77. The van der Waals surface area contributed by atoms with Crippen molar-refractivity contribution in [3.8, 4) is 11.3 Å². The third-order valence-corrected chi connectivity index (χ3v) is 5.66. The normalized spacial score (nSPS) is 15.3. The van der Waals surface area contributed by atoms with Gasteiger partial charge >= 0.3 is 0 Å². The molecule has 0 atom stereocenters. The van der Waals surface area contributed by atoms with Crippen molar-refractivity contribution in [2.45, 2.75) is 19.8 Å². The topological polar surface area (TPSA) is 63.1 Å². The summed E-state index contributed by atoms with van der Waals surface area (Å²) in [4.78, 5) is 20.3. The third kappa shape index (κ3) is 3.40. The monoisotopic (exact) mass is 377 g/mol. The number of nitrogens with one attached hydrogen (secondary N) is 1. The molecule has 28 heavy (non-hydrogen) atoms. The number of benzene rings is 1. The zero-order valence-electron chi connectivity index (χ0n) is 16.8. The number of aryl methyl sites for hydroxylation is 2. The molecular weight excluding hydrogens is 350 g/mol. The molecule has 2 aromatic heterocycles. The highest BCUT2D eigenvalue weighted by Crippen LogP contribution is 2.29. The van der Waals surface area contributed by atoms with Crippen LogP contribution in [0.4, 0.5) is 0 Å². The van der Waals surface area contributed by atoms with Gasteiger partial charge in [-0.2, -0.15) is 5.10 Å². The molecule has 1 aliphatic heterocycles. The predicted molar refractivity (Wildman–Crippen MR) is 111 cm³/mol. The largest absolute Gasteiger partial charge is 0.339 e. The summed E-state index contributed by atoms with van der Waals surface area (Å²) in [7, 11) is 3.87. The van der Waals surface area contributed by atoms with Gasteiger partial charge in [0.1, 0.15) is 0 Å². The molecule has 0 saturated carbocycles. The highest BCUT2D eigenvalue weighted by molar-refractivity contribution is 6.07. The number of rotatable bonds is 4. The Bertz CT molecular complexity index is 987. The molecule has 4 rings (SSSR count).